The molecule has 0 aromatic heterocycles. The molecule has 2 aromatic rings. The van der Waals surface area contributed by atoms with Crippen molar-refractivity contribution in [3.63, 3.8) is 0 Å². The number of likely N-dealkylation sites (N-methyl/N-ethyl adjacent to an activating group) is 1. The van der Waals surface area contributed by atoms with Crippen molar-refractivity contribution >= 4 is 29.3 Å². The summed E-state index contributed by atoms with van der Waals surface area (Å²) in [6.45, 7) is 7.90. The standard InChI is InChI=1S/C28H39N5O6/c1-17(2)29-28(37)32(5)15-25-18(3)14-33(19(4)16-34)26(35)23-13-21(9-12-24(23)39-25)31-27(36)30-20-7-10-22(38-6)11-8-20/h7-13,17-19,25,34H,14-16H2,1-6H3,(H,29,37)(H2,30,31,36)/t18-,19-,25+/m0/s1. The van der Waals surface area contributed by atoms with Crippen LogP contribution in [0.4, 0.5) is 21.0 Å². The van der Waals surface area contributed by atoms with Gasteiger partial charge in [0.25, 0.3) is 5.91 Å². The van der Waals surface area contributed by atoms with E-state index >= 15 is 0 Å². The number of hydrogen-bond donors (Lipinski definition) is 4. The lowest BCUT2D eigenvalue weighted by atomic mass is 9.99. The predicted octanol–water partition coefficient (Wildman–Crippen LogP) is 3.61. The molecule has 2 aromatic carbocycles. The Labute approximate surface area is 229 Å². The number of urea groups is 2. The van der Waals surface area contributed by atoms with Gasteiger partial charge in [-0.1, -0.05) is 6.92 Å². The number of ether oxygens (including phenoxy) is 2. The van der Waals surface area contributed by atoms with Gasteiger partial charge < -0.3 is 40.3 Å². The average Bonchev–Trinajstić information content (AvgIpc) is 2.90. The first-order valence-electron chi connectivity index (χ1n) is 13.0. The van der Waals surface area contributed by atoms with Crippen LogP contribution in [0.2, 0.25) is 0 Å². The van der Waals surface area contributed by atoms with Crippen molar-refractivity contribution in [2.75, 3.05) is 44.5 Å². The molecule has 1 heterocycles. The fourth-order valence-electron chi connectivity index (χ4n) is 4.20. The van der Waals surface area contributed by atoms with Gasteiger partial charge in [0.15, 0.2) is 0 Å². The normalized spacial score (nSPS) is 17.7. The van der Waals surface area contributed by atoms with Gasteiger partial charge in [0, 0.05) is 36.9 Å². The third kappa shape index (κ3) is 7.76. The van der Waals surface area contributed by atoms with Crippen LogP contribution in [0.3, 0.4) is 0 Å². The molecule has 3 atom stereocenters. The second-order valence-electron chi connectivity index (χ2n) is 10.1. The number of aliphatic hydroxyl groups is 1. The highest BCUT2D eigenvalue weighted by Gasteiger charge is 2.34. The molecule has 3 rings (SSSR count). The number of fused-ring (bicyclic) bond motifs is 1. The van der Waals surface area contributed by atoms with E-state index < -0.39 is 18.2 Å². The summed E-state index contributed by atoms with van der Waals surface area (Å²) < 4.78 is 11.4. The van der Waals surface area contributed by atoms with E-state index in [1.165, 1.54) is 0 Å². The molecule has 212 valence electrons. The Morgan fingerprint density at radius 1 is 1.13 bits per heavy atom. The Bertz CT molecular complexity index is 1160. The molecule has 0 saturated carbocycles. The SMILES string of the molecule is COc1ccc(NC(=O)Nc2ccc3c(c2)C(=O)N([C@@H](C)CO)C[C@H](C)[C@@H](CN(C)C(=O)NC(C)C)O3)cc1. The van der Waals surface area contributed by atoms with E-state index in [0.29, 0.717) is 36.0 Å². The van der Waals surface area contributed by atoms with E-state index in [1.54, 1.807) is 73.3 Å². The second-order valence-corrected chi connectivity index (χ2v) is 10.1. The van der Waals surface area contributed by atoms with Crippen molar-refractivity contribution in [1.82, 2.24) is 15.1 Å². The summed E-state index contributed by atoms with van der Waals surface area (Å²) in [5.41, 5.74) is 1.22. The number of carbonyl (C=O) groups excluding carboxylic acids is 3. The van der Waals surface area contributed by atoms with Gasteiger partial charge in [-0.2, -0.15) is 0 Å². The van der Waals surface area contributed by atoms with Gasteiger partial charge in [-0.05, 0) is 63.2 Å². The number of rotatable bonds is 8. The van der Waals surface area contributed by atoms with Gasteiger partial charge in [-0.25, -0.2) is 9.59 Å². The molecule has 0 fully saturated rings. The van der Waals surface area contributed by atoms with E-state index in [9.17, 15) is 19.5 Å². The minimum atomic E-state index is -0.482. The van der Waals surface area contributed by atoms with Crippen LogP contribution in [0.25, 0.3) is 0 Å². The number of anilines is 2. The molecule has 4 N–H and O–H groups in total. The van der Waals surface area contributed by atoms with Gasteiger partial charge in [0.2, 0.25) is 0 Å². The maximum atomic E-state index is 13.6. The van der Waals surface area contributed by atoms with E-state index in [2.05, 4.69) is 16.0 Å². The molecule has 0 radical (unpaired) electrons. The first kappa shape index (κ1) is 29.6. The van der Waals surface area contributed by atoms with Crippen molar-refractivity contribution in [2.24, 2.45) is 5.92 Å². The lowest BCUT2D eigenvalue weighted by molar-refractivity contribution is 0.0366. The fraction of sp³-hybridized carbons (Fsp3) is 0.464. The van der Waals surface area contributed by atoms with Crippen molar-refractivity contribution in [1.29, 1.82) is 0 Å². The summed E-state index contributed by atoms with van der Waals surface area (Å²) in [6, 6.07) is 10.6. The van der Waals surface area contributed by atoms with E-state index in [0.717, 1.165) is 0 Å². The zero-order chi connectivity index (χ0) is 28.7. The minimum absolute atomic E-state index is 0.0114. The number of hydrogen-bond acceptors (Lipinski definition) is 6. The maximum absolute atomic E-state index is 13.6. The van der Waals surface area contributed by atoms with Gasteiger partial charge in [-0.15, -0.1) is 0 Å². The molecule has 5 amide bonds. The van der Waals surface area contributed by atoms with Crippen molar-refractivity contribution < 1.29 is 29.0 Å². The second kappa shape index (κ2) is 13.2. The summed E-state index contributed by atoms with van der Waals surface area (Å²) in [7, 11) is 3.26. The Morgan fingerprint density at radius 2 is 1.77 bits per heavy atom. The first-order chi connectivity index (χ1) is 18.5. The number of nitrogens with zero attached hydrogens (tertiary/aromatic N) is 2. The first-order valence-corrected chi connectivity index (χ1v) is 13.0. The number of benzene rings is 2. The lowest BCUT2D eigenvalue weighted by Gasteiger charge is -2.38. The van der Waals surface area contributed by atoms with Crippen LogP contribution >= 0.6 is 0 Å². The molecular weight excluding hydrogens is 502 g/mol. The third-order valence-electron chi connectivity index (χ3n) is 6.48. The van der Waals surface area contributed by atoms with Crippen molar-refractivity contribution in [3.8, 4) is 11.5 Å². The quantitative estimate of drug-likeness (QED) is 0.404. The maximum Gasteiger partial charge on any atom is 0.323 e. The summed E-state index contributed by atoms with van der Waals surface area (Å²) in [6.07, 6.45) is -0.426. The molecule has 1 aliphatic heterocycles. The molecule has 39 heavy (non-hydrogen) atoms. The molecule has 11 nitrogen and oxygen atoms in total. The van der Waals surface area contributed by atoms with E-state index in [-0.39, 0.29) is 36.1 Å². The largest absolute Gasteiger partial charge is 0.497 e. The highest BCUT2D eigenvalue weighted by molar-refractivity contribution is 6.02. The van der Waals surface area contributed by atoms with Crippen LogP contribution in [-0.4, -0.2) is 84.9 Å². The number of aliphatic hydroxyl groups excluding tert-OH is 1. The number of amides is 5. The number of nitrogens with one attached hydrogen (secondary N) is 3. The number of methoxy groups -OCH3 is 1. The van der Waals surface area contributed by atoms with Gasteiger partial charge >= 0.3 is 12.1 Å². The molecule has 0 bridgehead atoms. The summed E-state index contributed by atoms with van der Waals surface area (Å²) >= 11 is 0. The molecule has 0 aliphatic carbocycles. The van der Waals surface area contributed by atoms with Crippen LogP contribution in [0.15, 0.2) is 42.5 Å². The van der Waals surface area contributed by atoms with Crippen molar-refractivity contribution in [2.45, 2.75) is 45.9 Å². The van der Waals surface area contributed by atoms with Gasteiger partial charge in [0.05, 0.1) is 31.9 Å². The van der Waals surface area contributed by atoms with Gasteiger partial charge in [-0.3, -0.25) is 4.79 Å². The topological polar surface area (TPSA) is 132 Å². The summed E-state index contributed by atoms with van der Waals surface area (Å²) in [5, 5.41) is 18.2. The van der Waals surface area contributed by atoms with Crippen LogP contribution in [0.1, 0.15) is 38.1 Å². The van der Waals surface area contributed by atoms with Gasteiger partial charge in [0.1, 0.15) is 17.6 Å². The predicted molar refractivity (Wildman–Crippen MR) is 150 cm³/mol. The zero-order valence-electron chi connectivity index (χ0n) is 23.4. The molecule has 1 aliphatic rings. The Morgan fingerprint density at radius 3 is 2.38 bits per heavy atom. The molecular formula is C28H39N5O6. The summed E-state index contributed by atoms with van der Waals surface area (Å²) in [4.78, 5) is 41.9. The van der Waals surface area contributed by atoms with Crippen LogP contribution in [0, 0.1) is 5.92 Å². The fourth-order valence-corrected chi connectivity index (χ4v) is 4.20. The Balaban J connectivity index is 1.85. The Hall–Kier alpha value is -3.99. The smallest absolute Gasteiger partial charge is 0.323 e. The van der Waals surface area contributed by atoms with Crippen LogP contribution in [-0.2, 0) is 0 Å². The van der Waals surface area contributed by atoms with Crippen LogP contribution < -0.4 is 25.4 Å². The Kier molecular flexibility index (Phi) is 10.00. The molecule has 0 saturated heterocycles. The minimum Gasteiger partial charge on any atom is -0.497 e. The summed E-state index contributed by atoms with van der Waals surface area (Å²) in [5.74, 6) is 0.549. The van der Waals surface area contributed by atoms with E-state index in [1.807, 2.05) is 20.8 Å². The highest BCUT2D eigenvalue weighted by atomic mass is 16.5. The lowest BCUT2D eigenvalue weighted by Crippen LogP contribution is -2.51. The number of carbonyl (C=O) groups is 3. The van der Waals surface area contributed by atoms with E-state index in [4.69, 9.17) is 9.47 Å². The highest BCUT2D eigenvalue weighted by Crippen LogP contribution is 2.31. The molecule has 0 spiro atoms. The molecule has 0 unspecified atom stereocenters. The van der Waals surface area contributed by atoms with Crippen molar-refractivity contribution in [3.05, 3.63) is 48.0 Å². The molecule has 11 heteroatoms. The third-order valence-corrected chi connectivity index (χ3v) is 6.48. The van der Waals surface area contributed by atoms with Crippen LogP contribution in [0.5, 0.6) is 11.5 Å². The zero-order valence-corrected chi connectivity index (χ0v) is 23.4. The monoisotopic (exact) mass is 541 g/mol. The average molecular weight is 542 g/mol.